The molecule has 1 unspecified atom stereocenters. The third kappa shape index (κ3) is 0.863. The van der Waals surface area contributed by atoms with Crippen molar-refractivity contribution >= 4 is 0 Å². The Hall–Kier alpha value is -0.420. The standard InChI is InChI=1S/C6H6F6/c1-4(8)3(7)2-5(9,10)6(4,11)12/h3H,2H2,1H3/t3-,4?/m0/s1. The van der Waals surface area contributed by atoms with Gasteiger partial charge in [-0.2, -0.15) is 17.6 Å². The van der Waals surface area contributed by atoms with Crippen LogP contribution >= 0.6 is 0 Å². The van der Waals surface area contributed by atoms with Gasteiger partial charge in [0.1, 0.15) is 6.17 Å². The summed E-state index contributed by atoms with van der Waals surface area (Å²) in [5.41, 5.74) is -3.77. The first-order valence-corrected chi connectivity index (χ1v) is 3.21. The normalized spacial score (nSPS) is 44.8. The molecular weight excluding hydrogens is 186 g/mol. The number of rotatable bonds is 0. The van der Waals surface area contributed by atoms with E-state index in [9.17, 15) is 26.3 Å². The van der Waals surface area contributed by atoms with E-state index >= 15 is 0 Å². The maximum atomic E-state index is 12.7. The lowest BCUT2D eigenvalue weighted by atomic mass is 10.0. The summed E-state index contributed by atoms with van der Waals surface area (Å²) in [4.78, 5) is 0. The first kappa shape index (κ1) is 9.67. The molecule has 1 aliphatic carbocycles. The highest BCUT2D eigenvalue weighted by atomic mass is 19.3. The molecule has 0 nitrogen and oxygen atoms in total. The van der Waals surface area contributed by atoms with Crippen molar-refractivity contribution in [3.05, 3.63) is 0 Å². The second-order valence-electron chi connectivity index (χ2n) is 3.03. The molecule has 1 aliphatic rings. The molecule has 0 bridgehead atoms. The van der Waals surface area contributed by atoms with Gasteiger partial charge in [0.2, 0.25) is 5.67 Å². The van der Waals surface area contributed by atoms with Crippen LogP contribution in [0.2, 0.25) is 0 Å². The van der Waals surface area contributed by atoms with Crippen LogP contribution in [-0.2, 0) is 0 Å². The van der Waals surface area contributed by atoms with Crippen LogP contribution in [0.25, 0.3) is 0 Å². The van der Waals surface area contributed by atoms with E-state index in [0.717, 1.165) is 0 Å². The minimum absolute atomic E-state index is 0.151. The lowest BCUT2D eigenvalue weighted by molar-refractivity contribution is -0.233. The van der Waals surface area contributed by atoms with Crippen molar-refractivity contribution in [1.29, 1.82) is 0 Å². The summed E-state index contributed by atoms with van der Waals surface area (Å²) >= 11 is 0. The third-order valence-corrected chi connectivity index (χ3v) is 2.10. The third-order valence-electron chi connectivity index (χ3n) is 2.10. The van der Waals surface area contributed by atoms with Gasteiger partial charge in [0, 0.05) is 0 Å². The molecule has 0 aromatic heterocycles. The van der Waals surface area contributed by atoms with E-state index in [1.165, 1.54) is 0 Å². The molecule has 6 heteroatoms. The Balaban J connectivity index is 3.10. The Kier molecular flexibility index (Phi) is 1.68. The van der Waals surface area contributed by atoms with E-state index in [1.807, 2.05) is 0 Å². The minimum atomic E-state index is -4.92. The Morgan fingerprint density at radius 1 is 1.08 bits per heavy atom. The average molecular weight is 192 g/mol. The summed E-state index contributed by atoms with van der Waals surface area (Å²) in [6, 6.07) is 0. The lowest BCUT2D eigenvalue weighted by Gasteiger charge is -2.26. The zero-order valence-corrected chi connectivity index (χ0v) is 6.05. The molecule has 2 atom stereocenters. The Morgan fingerprint density at radius 2 is 1.50 bits per heavy atom. The van der Waals surface area contributed by atoms with Crippen LogP contribution < -0.4 is 0 Å². The zero-order chi connectivity index (χ0) is 9.78. The second-order valence-corrected chi connectivity index (χ2v) is 3.03. The van der Waals surface area contributed by atoms with Gasteiger partial charge >= 0.3 is 11.8 Å². The summed E-state index contributed by atoms with van der Waals surface area (Å²) in [6.45, 7) is 0.151. The summed E-state index contributed by atoms with van der Waals surface area (Å²) in [7, 11) is 0. The van der Waals surface area contributed by atoms with Crippen molar-refractivity contribution in [2.75, 3.05) is 0 Å². The first-order valence-electron chi connectivity index (χ1n) is 3.21. The van der Waals surface area contributed by atoms with Crippen LogP contribution in [0, 0.1) is 0 Å². The van der Waals surface area contributed by atoms with Gasteiger partial charge in [-0.1, -0.05) is 0 Å². The largest absolute Gasteiger partial charge is 0.346 e. The maximum Gasteiger partial charge on any atom is 0.346 e. The Labute approximate surface area is 64.6 Å². The average Bonchev–Trinajstić information content (AvgIpc) is 1.92. The number of alkyl halides is 6. The van der Waals surface area contributed by atoms with Crippen LogP contribution in [0.1, 0.15) is 13.3 Å². The van der Waals surface area contributed by atoms with Crippen LogP contribution in [0.4, 0.5) is 26.3 Å². The first-order chi connectivity index (χ1) is 5.13. The molecule has 0 spiro atoms. The molecule has 0 aliphatic heterocycles. The monoisotopic (exact) mass is 192 g/mol. The summed E-state index contributed by atoms with van der Waals surface area (Å²) in [5.74, 6) is -9.50. The van der Waals surface area contributed by atoms with E-state index < -0.39 is 30.1 Å². The highest BCUT2D eigenvalue weighted by molar-refractivity contribution is 5.12. The van der Waals surface area contributed by atoms with Gasteiger partial charge in [-0.15, -0.1) is 0 Å². The van der Waals surface area contributed by atoms with Gasteiger partial charge in [-0.3, -0.25) is 0 Å². The predicted octanol–water partition coefficient (Wildman–Crippen LogP) is 2.73. The summed E-state index contributed by atoms with van der Waals surface area (Å²) in [6.07, 6.45) is -4.57. The minimum Gasteiger partial charge on any atom is -0.243 e. The second kappa shape index (κ2) is 2.09. The predicted molar refractivity (Wildman–Crippen MR) is 28.9 cm³/mol. The van der Waals surface area contributed by atoms with Gasteiger partial charge in [0.05, 0.1) is 6.42 Å². The van der Waals surface area contributed by atoms with E-state index in [1.54, 1.807) is 0 Å². The smallest absolute Gasteiger partial charge is 0.243 e. The fourth-order valence-corrected chi connectivity index (χ4v) is 1.10. The quantitative estimate of drug-likeness (QED) is 0.517. The molecule has 0 N–H and O–H groups in total. The summed E-state index contributed by atoms with van der Waals surface area (Å²) in [5, 5.41) is 0. The molecule has 0 heterocycles. The van der Waals surface area contributed by atoms with Crippen molar-refractivity contribution in [3.8, 4) is 0 Å². The molecule has 1 fully saturated rings. The lowest BCUT2D eigenvalue weighted by Crippen LogP contribution is -2.49. The van der Waals surface area contributed by atoms with E-state index in [2.05, 4.69) is 0 Å². The van der Waals surface area contributed by atoms with Crippen molar-refractivity contribution in [2.24, 2.45) is 0 Å². The van der Waals surface area contributed by atoms with Gasteiger partial charge < -0.3 is 0 Å². The molecule has 1 saturated carbocycles. The van der Waals surface area contributed by atoms with Gasteiger partial charge in [-0.25, -0.2) is 8.78 Å². The molecule has 1 rings (SSSR count). The SMILES string of the molecule is CC1(F)[C@@H](F)CC(F)(F)C1(F)F. The molecule has 12 heavy (non-hydrogen) atoms. The van der Waals surface area contributed by atoms with Crippen molar-refractivity contribution in [2.45, 2.75) is 37.0 Å². The van der Waals surface area contributed by atoms with Crippen LogP contribution in [0.3, 0.4) is 0 Å². The molecule has 0 aromatic rings. The Bertz CT molecular complexity index is 196. The van der Waals surface area contributed by atoms with Crippen molar-refractivity contribution in [3.63, 3.8) is 0 Å². The Morgan fingerprint density at radius 3 is 1.58 bits per heavy atom. The molecular formula is C6H6F6. The van der Waals surface area contributed by atoms with Crippen molar-refractivity contribution < 1.29 is 26.3 Å². The van der Waals surface area contributed by atoms with E-state index in [4.69, 9.17) is 0 Å². The molecule has 0 radical (unpaired) electrons. The summed E-state index contributed by atoms with van der Waals surface area (Å²) < 4.78 is 74.3. The van der Waals surface area contributed by atoms with Crippen LogP contribution in [0.5, 0.6) is 0 Å². The fourth-order valence-electron chi connectivity index (χ4n) is 1.10. The van der Waals surface area contributed by atoms with E-state index in [-0.39, 0.29) is 6.92 Å². The topological polar surface area (TPSA) is 0 Å². The maximum absolute atomic E-state index is 12.7. The van der Waals surface area contributed by atoms with Crippen molar-refractivity contribution in [1.82, 2.24) is 0 Å². The fraction of sp³-hybridized carbons (Fsp3) is 1.00. The highest BCUT2D eigenvalue weighted by Gasteiger charge is 2.77. The number of hydrogen-bond donors (Lipinski definition) is 0. The zero-order valence-electron chi connectivity index (χ0n) is 6.05. The van der Waals surface area contributed by atoms with E-state index in [0.29, 0.717) is 0 Å². The van der Waals surface area contributed by atoms with Gasteiger partial charge in [0.15, 0.2) is 0 Å². The highest BCUT2D eigenvalue weighted by Crippen LogP contribution is 2.56. The van der Waals surface area contributed by atoms with Gasteiger partial charge in [-0.05, 0) is 6.92 Å². The molecule has 0 amide bonds. The van der Waals surface area contributed by atoms with Gasteiger partial charge in [0.25, 0.3) is 0 Å². The molecule has 0 aromatic carbocycles. The molecule has 0 saturated heterocycles. The van der Waals surface area contributed by atoms with Crippen LogP contribution in [0.15, 0.2) is 0 Å². The molecule has 72 valence electrons. The van der Waals surface area contributed by atoms with Crippen LogP contribution in [-0.4, -0.2) is 23.7 Å². The number of halogens is 6. The number of hydrogen-bond acceptors (Lipinski definition) is 0.